The highest BCUT2D eigenvalue weighted by Crippen LogP contribution is 2.49. The van der Waals surface area contributed by atoms with Crippen molar-refractivity contribution in [1.82, 2.24) is 9.55 Å². The number of fused-ring (bicyclic) bond motifs is 1. The fourth-order valence-electron chi connectivity index (χ4n) is 7.69. The lowest BCUT2D eigenvalue weighted by molar-refractivity contribution is -0.126. The van der Waals surface area contributed by atoms with Gasteiger partial charge in [-0.2, -0.15) is 0 Å². The summed E-state index contributed by atoms with van der Waals surface area (Å²) < 4.78 is 8.13. The van der Waals surface area contributed by atoms with Crippen LogP contribution in [0.4, 0.5) is 0 Å². The van der Waals surface area contributed by atoms with Gasteiger partial charge in [-0.25, -0.2) is 0 Å². The van der Waals surface area contributed by atoms with Gasteiger partial charge in [-0.3, -0.25) is 4.79 Å². The minimum atomic E-state index is -0.578. The van der Waals surface area contributed by atoms with Crippen molar-refractivity contribution in [1.29, 1.82) is 0 Å². The number of carbonyl (C=O) groups is 1. The van der Waals surface area contributed by atoms with E-state index in [0.29, 0.717) is 25.0 Å². The van der Waals surface area contributed by atoms with Crippen molar-refractivity contribution in [3.05, 3.63) is 83.3 Å². The third-order valence-corrected chi connectivity index (χ3v) is 10.5. The number of benzene rings is 2. The lowest BCUT2D eigenvalue weighted by atomic mass is 9.73. The maximum Gasteiger partial charge on any atom is 0.165 e. The molecule has 2 heterocycles. The number of carbonyl (C=O) groups excluding carboxylic acids is 1. The van der Waals surface area contributed by atoms with Gasteiger partial charge in [0.05, 0.1) is 17.8 Å². The van der Waals surface area contributed by atoms with Crippen LogP contribution >= 0.6 is 0 Å². The average molecular weight is 657 g/mol. The number of phenolic OH excluding ortho intramolecular Hbond substituents is 1. The Kier molecular flexibility index (Phi) is 12.4. The molecule has 8 heteroatoms. The van der Waals surface area contributed by atoms with Gasteiger partial charge in [0.1, 0.15) is 5.78 Å². The Balaban J connectivity index is 1.26. The summed E-state index contributed by atoms with van der Waals surface area (Å²) >= 11 is 0. The quantitative estimate of drug-likeness (QED) is 0.0510. The van der Waals surface area contributed by atoms with Gasteiger partial charge in [0.15, 0.2) is 18.2 Å². The van der Waals surface area contributed by atoms with Crippen LogP contribution in [-0.2, 0) is 23.4 Å². The maximum absolute atomic E-state index is 13.3. The third-order valence-electron chi connectivity index (χ3n) is 10.5. The van der Waals surface area contributed by atoms with E-state index in [2.05, 4.69) is 49.4 Å². The van der Waals surface area contributed by atoms with Crippen LogP contribution in [0.2, 0.25) is 0 Å². The molecule has 0 saturated heterocycles. The first-order valence-corrected chi connectivity index (χ1v) is 18.2. The topological polar surface area (TPSA) is 140 Å². The normalized spacial score (nSPS) is 15.7. The molecule has 2 unspecified atom stereocenters. The Morgan fingerprint density at radius 2 is 1.75 bits per heavy atom. The molecule has 2 atom stereocenters. The van der Waals surface area contributed by atoms with Gasteiger partial charge in [-0.15, -0.1) is 0 Å². The number of hydrogen-bond donors (Lipinski definition) is 5. The number of unbranched alkanes of at least 4 members (excludes halogenated alkanes) is 4. The highest BCUT2D eigenvalue weighted by molar-refractivity contribution is 5.85. The number of aliphatic hydroxyl groups is 1. The van der Waals surface area contributed by atoms with Crippen LogP contribution in [0.5, 0.6) is 11.5 Å². The molecule has 5 rings (SSSR count). The van der Waals surface area contributed by atoms with Gasteiger partial charge in [0.25, 0.3) is 0 Å². The third kappa shape index (κ3) is 8.33. The van der Waals surface area contributed by atoms with Gasteiger partial charge in [0, 0.05) is 41.7 Å². The molecule has 4 aromatic rings. The lowest BCUT2D eigenvalue weighted by Gasteiger charge is -2.30. The number of nitrogens with zero attached hydrogens (tertiary/aromatic N) is 1. The molecule has 1 saturated carbocycles. The van der Waals surface area contributed by atoms with Gasteiger partial charge < -0.3 is 36.0 Å². The zero-order valence-electron chi connectivity index (χ0n) is 28.9. The summed E-state index contributed by atoms with van der Waals surface area (Å²) in [4.78, 5) is 16.8. The van der Waals surface area contributed by atoms with Crippen molar-refractivity contribution in [3.63, 3.8) is 0 Å². The average Bonchev–Trinajstić information content (AvgIpc) is 3.83. The number of aromatic nitrogens is 2. The van der Waals surface area contributed by atoms with Crippen LogP contribution < -0.4 is 16.2 Å². The summed E-state index contributed by atoms with van der Waals surface area (Å²) in [6.07, 6.45) is 18.2. The van der Waals surface area contributed by atoms with Crippen LogP contribution in [0.15, 0.2) is 61.1 Å². The summed E-state index contributed by atoms with van der Waals surface area (Å²) in [5, 5.41) is 22.7. The SMILES string of the molecule is CCCCCC(O)C(CCCCC)C(=O)CCc1ccc(O)c(OCn2cc3[nH]cc(C4(c5cccc(C(N)N)c5)CCCC4)c3c2)c1. The van der Waals surface area contributed by atoms with Crippen molar-refractivity contribution in [2.75, 3.05) is 0 Å². The molecular weight excluding hydrogens is 600 g/mol. The smallest absolute Gasteiger partial charge is 0.165 e. The molecule has 7 N–H and O–H groups in total. The minimum absolute atomic E-state index is 0.0650. The number of H-pyrrole nitrogens is 1. The van der Waals surface area contributed by atoms with E-state index in [9.17, 15) is 15.0 Å². The van der Waals surface area contributed by atoms with Crippen molar-refractivity contribution in [3.8, 4) is 11.5 Å². The number of nitrogens with two attached hydrogens (primary N) is 2. The molecule has 0 bridgehead atoms. The number of ether oxygens (including phenoxy) is 1. The van der Waals surface area contributed by atoms with Gasteiger partial charge >= 0.3 is 0 Å². The number of aromatic amines is 1. The summed E-state index contributed by atoms with van der Waals surface area (Å²) in [6, 6.07) is 13.7. The Morgan fingerprint density at radius 3 is 2.48 bits per heavy atom. The maximum atomic E-state index is 13.3. The number of ketones is 1. The molecule has 48 heavy (non-hydrogen) atoms. The molecule has 260 valence electrons. The largest absolute Gasteiger partial charge is 0.504 e. The molecule has 0 aliphatic heterocycles. The Hall–Kier alpha value is -3.59. The molecule has 8 nitrogen and oxygen atoms in total. The second-order valence-electron chi connectivity index (χ2n) is 13.9. The number of aryl methyl sites for hydroxylation is 1. The van der Waals surface area contributed by atoms with Gasteiger partial charge in [-0.05, 0) is 66.5 Å². The Labute approximate surface area is 285 Å². The highest BCUT2D eigenvalue weighted by atomic mass is 16.5. The second kappa shape index (κ2) is 16.7. The van der Waals surface area contributed by atoms with E-state index >= 15 is 0 Å². The van der Waals surface area contributed by atoms with E-state index in [-0.39, 0.29) is 29.6 Å². The second-order valence-corrected chi connectivity index (χ2v) is 13.9. The summed E-state index contributed by atoms with van der Waals surface area (Å²) in [5.41, 5.74) is 17.4. The molecule has 0 radical (unpaired) electrons. The lowest BCUT2D eigenvalue weighted by Crippen LogP contribution is -2.28. The molecule has 0 amide bonds. The Morgan fingerprint density at radius 1 is 1.00 bits per heavy atom. The van der Waals surface area contributed by atoms with Gasteiger partial charge in [0.2, 0.25) is 0 Å². The van der Waals surface area contributed by atoms with E-state index in [1.54, 1.807) is 6.07 Å². The van der Waals surface area contributed by atoms with E-state index < -0.39 is 12.3 Å². The number of aliphatic hydroxyl groups excluding tert-OH is 1. The number of aromatic hydroxyl groups is 1. The first-order chi connectivity index (χ1) is 23.3. The summed E-state index contributed by atoms with van der Waals surface area (Å²) in [5.74, 6) is 0.269. The van der Waals surface area contributed by atoms with Crippen LogP contribution in [0.1, 0.15) is 126 Å². The van der Waals surface area contributed by atoms with E-state index in [1.807, 2.05) is 29.0 Å². The molecule has 2 aromatic heterocycles. The van der Waals surface area contributed by atoms with Crippen LogP contribution in [-0.4, -0.2) is 31.7 Å². The van der Waals surface area contributed by atoms with Crippen LogP contribution in [0.3, 0.4) is 0 Å². The molecule has 2 aromatic carbocycles. The standard InChI is InChI=1S/C40H56N4O4/c1-3-5-7-14-31(35(45)15-8-6-4-2)36(46)18-16-28-17-19-37(47)38(22-28)48-27-44-25-32-33(24-43-34(32)26-44)40(20-9-10-21-40)30-13-11-12-29(23-30)39(41)42/h11-13,17,19,22-26,31,35,39,43,45,47H,3-10,14-16,18,20-21,27,41-42H2,1-2H3. The van der Waals surface area contributed by atoms with Gasteiger partial charge in [-0.1, -0.05) is 95.5 Å². The molecular formula is C40H56N4O4. The number of nitrogens with one attached hydrogen (secondary N) is 1. The van der Waals surface area contributed by atoms with Crippen LogP contribution in [0.25, 0.3) is 10.9 Å². The van der Waals surface area contributed by atoms with Crippen molar-refractivity contribution < 1.29 is 19.7 Å². The Bertz CT molecular complexity index is 1620. The minimum Gasteiger partial charge on any atom is -0.504 e. The predicted octanol–water partition coefficient (Wildman–Crippen LogP) is 8.13. The number of rotatable bonds is 19. The monoisotopic (exact) mass is 656 g/mol. The molecule has 1 aliphatic rings. The highest BCUT2D eigenvalue weighted by Gasteiger charge is 2.39. The first kappa shape index (κ1) is 35.7. The number of Topliss-reactive ketones (excluding diaryl/α,β-unsaturated/α-hetero) is 1. The molecule has 1 fully saturated rings. The number of phenols is 1. The van der Waals surface area contributed by atoms with Crippen molar-refractivity contribution in [2.24, 2.45) is 17.4 Å². The zero-order chi connectivity index (χ0) is 34.1. The summed E-state index contributed by atoms with van der Waals surface area (Å²) in [7, 11) is 0. The van der Waals surface area contributed by atoms with Crippen LogP contribution in [0, 0.1) is 5.92 Å². The van der Waals surface area contributed by atoms with E-state index in [1.165, 1.54) is 11.1 Å². The fourth-order valence-corrected chi connectivity index (χ4v) is 7.69. The molecule has 1 aliphatic carbocycles. The summed E-state index contributed by atoms with van der Waals surface area (Å²) in [6.45, 7) is 4.53. The molecule has 0 spiro atoms. The predicted molar refractivity (Wildman–Crippen MR) is 193 cm³/mol. The van der Waals surface area contributed by atoms with Crippen molar-refractivity contribution >= 4 is 16.7 Å². The van der Waals surface area contributed by atoms with E-state index in [0.717, 1.165) is 92.7 Å². The van der Waals surface area contributed by atoms with E-state index in [4.69, 9.17) is 16.2 Å². The first-order valence-electron chi connectivity index (χ1n) is 18.2. The van der Waals surface area contributed by atoms with Crippen molar-refractivity contribution in [2.45, 2.75) is 128 Å². The fraction of sp³-hybridized carbons (Fsp3) is 0.525. The number of hydrogen-bond acceptors (Lipinski definition) is 6. The zero-order valence-corrected chi connectivity index (χ0v) is 28.9.